The van der Waals surface area contributed by atoms with Gasteiger partial charge in [0.05, 0.1) is 10.0 Å². The molecule has 0 bridgehead atoms. The van der Waals surface area contributed by atoms with E-state index in [-0.39, 0.29) is 24.4 Å². The summed E-state index contributed by atoms with van der Waals surface area (Å²) in [5.74, 6) is 0.137. The summed E-state index contributed by atoms with van der Waals surface area (Å²) in [6.45, 7) is 0.945. The molecule has 0 saturated carbocycles. The highest BCUT2D eigenvalue weighted by molar-refractivity contribution is 6.42. The van der Waals surface area contributed by atoms with Crippen molar-refractivity contribution in [2.45, 2.75) is 5.92 Å². The second-order valence-corrected chi connectivity index (χ2v) is 4.16. The number of hydrogen-bond acceptors (Lipinski definition) is 2. The molecule has 1 aromatic carbocycles. The molecular formula is C10H10Cl3NO2. The van der Waals surface area contributed by atoms with Gasteiger partial charge in [-0.3, -0.25) is 0 Å². The van der Waals surface area contributed by atoms with E-state index in [0.717, 1.165) is 5.56 Å². The molecule has 1 aliphatic heterocycles. The molecule has 1 aliphatic rings. The first-order valence-electron chi connectivity index (χ1n) is 4.52. The largest absolute Gasteiger partial charge is 0.449 e. The van der Waals surface area contributed by atoms with Gasteiger partial charge in [-0.05, 0) is 17.7 Å². The van der Waals surface area contributed by atoms with E-state index in [1.165, 1.54) is 0 Å². The minimum Gasteiger partial charge on any atom is -0.449 e. The number of rotatable bonds is 1. The summed E-state index contributed by atoms with van der Waals surface area (Å²) in [6, 6.07) is 5.44. The fourth-order valence-corrected chi connectivity index (χ4v) is 1.78. The molecule has 1 aromatic rings. The Morgan fingerprint density at radius 1 is 1.31 bits per heavy atom. The predicted octanol–water partition coefficient (Wildman–Crippen LogP) is 3.24. The molecule has 0 aromatic heterocycles. The molecule has 6 heteroatoms. The third kappa shape index (κ3) is 2.94. The smallest absolute Gasteiger partial charge is 0.407 e. The van der Waals surface area contributed by atoms with Crippen LogP contribution in [0.25, 0.3) is 0 Å². The van der Waals surface area contributed by atoms with Crippen molar-refractivity contribution in [2.75, 3.05) is 13.2 Å². The van der Waals surface area contributed by atoms with Crippen molar-refractivity contribution in [1.82, 2.24) is 5.32 Å². The van der Waals surface area contributed by atoms with Gasteiger partial charge < -0.3 is 10.1 Å². The number of benzene rings is 1. The lowest BCUT2D eigenvalue weighted by Gasteiger charge is -2.23. The van der Waals surface area contributed by atoms with Crippen LogP contribution >= 0.6 is 35.6 Å². The van der Waals surface area contributed by atoms with Crippen LogP contribution < -0.4 is 5.32 Å². The number of alkyl carbamates (subject to hydrolysis) is 1. The lowest BCUT2D eigenvalue weighted by Crippen LogP contribution is -2.37. The first-order chi connectivity index (χ1) is 7.16. The number of carbonyl (C=O) groups is 1. The number of hydrogen-bond donors (Lipinski definition) is 1. The first kappa shape index (κ1) is 13.4. The zero-order valence-corrected chi connectivity index (χ0v) is 10.5. The third-order valence-corrected chi connectivity index (χ3v) is 3.06. The van der Waals surface area contributed by atoms with E-state index in [2.05, 4.69) is 5.32 Å². The molecule has 1 saturated heterocycles. The number of cyclic esters (lactones) is 1. The number of carbonyl (C=O) groups excluding carboxylic acids is 1. The predicted molar refractivity (Wildman–Crippen MR) is 65.8 cm³/mol. The maximum Gasteiger partial charge on any atom is 0.407 e. The monoisotopic (exact) mass is 281 g/mol. The van der Waals surface area contributed by atoms with Gasteiger partial charge in [-0.15, -0.1) is 12.4 Å². The molecule has 0 spiro atoms. The average Bonchev–Trinajstić information content (AvgIpc) is 2.23. The van der Waals surface area contributed by atoms with Gasteiger partial charge in [-0.1, -0.05) is 29.3 Å². The van der Waals surface area contributed by atoms with E-state index in [1.807, 2.05) is 6.07 Å². The fraction of sp³-hybridized carbons (Fsp3) is 0.300. The normalized spacial score (nSPS) is 19.4. The maximum atomic E-state index is 10.8. The van der Waals surface area contributed by atoms with Crippen LogP contribution in [0.1, 0.15) is 11.5 Å². The molecule has 16 heavy (non-hydrogen) atoms. The quantitative estimate of drug-likeness (QED) is 0.859. The van der Waals surface area contributed by atoms with Crippen LogP contribution in [0.2, 0.25) is 10.0 Å². The summed E-state index contributed by atoms with van der Waals surface area (Å²) in [6.07, 6.45) is -0.369. The van der Waals surface area contributed by atoms with Gasteiger partial charge in [-0.25, -0.2) is 4.79 Å². The van der Waals surface area contributed by atoms with Gasteiger partial charge in [0.15, 0.2) is 0 Å². The second-order valence-electron chi connectivity index (χ2n) is 3.35. The van der Waals surface area contributed by atoms with Gasteiger partial charge >= 0.3 is 6.09 Å². The van der Waals surface area contributed by atoms with Crippen LogP contribution in [-0.2, 0) is 4.74 Å². The van der Waals surface area contributed by atoms with Crippen molar-refractivity contribution in [3.8, 4) is 0 Å². The summed E-state index contributed by atoms with van der Waals surface area (Å²) >= 11 is 11.7. The molecule has 2 rings (SSSR count). The molecule has 0 radical (unpaired) electrons. The van der Waals surface area contributed by atoms with Crippen molar-refractivity contribution in [1.29, 1.82) is 0 Å². The molecule has 1 amide bonds. The zero-order chi connectivity index (χ0) is 10.8. The van der Waals surface area contributed by atoms with E-state index < -0.39 is 0 Å². The van der Waals surface area contributed by atoms with Crippen LogP contribution in [0.3, 0.4) is 0 Å². The third-order valence-electron chi connectivity index (χ3n) is 2.32. The SMILES string of the molecule is Cl.O=C1NCC(c2ccc(Cl)c(Cl)c2)CO1. The Morgan fingerprint density at radius 2 is 2.06 bits per heavy atom. The van der Waals surface area contributed by atoms with Gasteiger partial charge in [0.2, 0.25) is 0 Å². The number of amides is 1. The minimum absolute atomic E-state index is 0. The maximum absolute atomic E-state index is 10.8. The molecule has 88 valence electrons. The highest BCUT2D eigenvalue weighted by Gasteiger charge is 2.20. The lowest BCUT2D eigenvalue weighted by molar-refractivity contribution is 0.120. The van der Waals surface area contributed by atoms with Crippen molar-refractivity contribution in [3.05, 3.63) is 33.8 Å². The van der Waals surface area contributed by atoms with E-state index >= 15 is 0 Å². The Labute approximate surface area is 109 Å². The Hall–Kier alpha value is -0.640. The molecule has 1 N–H and O–H groups in total. The summed E-state index contributed by atoms with van der Waals surface area (Å²) < 4.78 is 4.89. The van der Waals surface area contributed by atoms with Gasteiger partial charge in [0, 0.05) is 12.5 Å². The van der Waals surface area contributed by atoms with Crippen molar-refractivity contribution >= 4 is 41.7 Å². The van der Waals surface area contributed by atoms with Gasteiger partial charge in [-0.2, -0.15) is 0 Å². The van der Waals surface area contributed by atoms with Crippen LogP contribution in [0.15, 0.2) is 18.2 Å². The van der Waals surface area contributed by atoms with Crippen LogP contribution in [0.5, 0.6) is 0 Å². The van der Waals surface area contributed by atoms with Gasteiger partial charge in [0.1, 0.15) is 6.61 Å². The zero-order valence-electron chi connectivity index (χ0n) is 8.20. The molecule has 1 fully saturated rings. The molecular weight excluding hydrogens is 272 g/mol. The summed E-state index contributed by atoms with van der Waals surface area (Å²) in [4.78, 5) is 10.8. The Kier molecular flexibility index (Phi) is 4.71. The van der Waals surface area contributed by atoms with Crippen LogP contribution in [0.4, 0.5) is 4.79 Å². The number of ether oxygens (including phenoxy) is 1. The molecule has 1 unspecified atom stereocenters. The minimum atomic E-state index is -0.369. The number of halogens is 3. The Morgan fingerprint density at radius 3 is 2.62 bits per heavy atom. The Bertz CT molecular complexity index is 388. The van der Waals surface area contributed by atoms with E-state index in [4.69, 9.17) is 27.9 Å². The van der Waals surface area contributed by atoms with Crippen LogP contribution in [0, 0.1) is 0 Å². The standard InChI is InChI=1S/C10H9Cl2NO2.ClH/c11-8-2-1-6(3-9(8)12)7-4-13-10(14)15-5-7;/h1-3,7H,4-5H2,(H,13,14);1H. The van der Waals surface area contributed by atoms with E-state index in [0.29, 0.717) is 23.2 Å². The van der Waals surface area contributed by atoms with Crippen LogP contribution in [-0.4, -0.2) is 19.2 Å². The topological polar surface area (TPSA) is 38.3 Å². The fourth-order valence-electron chi connectivity index (χ4n) is 1.47. The molecule has 3 nitrogen and oxygen atoms in total. The number of nitrogens with one attached hydrogen (secondary N) is 1. The summed E-state index contributed by atoms with van der Waals surface area (Å²) in [5.41, 5.74) is 1.02. The van der Waals surface area contributed by atoms with E-state index in [9.17, 15) is 4.79 Å². The highest BCUT2D eigenvalue weighted by Crippen LogP contribution is 2.27. The summed E-state index contributed by atoms with van der Waals surface area (Å²) in [5, 5.41) is 3.68. The first-order valence-corrected chi connectivity index (χ1v) is 5.28. The van der Waals surface area contributed by atoms with Gasteiger partial charge in [0.25, 0.3) is 0 Å². The highest BCUT2D eigenvalue weighted by atomic mass is 35.5. The summed E-state index contributed by atoms with van der Waals surface area (Å²) in [7, 11) is 0. The van der Waals surface area contributed by atoms with Crippen molar-refractivity contribution < 1.29 is 9.53 Å². The molecule has 1 heterocycles. The average molecular weight is 283 g/mol. The molecule has 0 aliphatic carbocycles. The van der Waals surface area contributed by atoms with Crippen molar-refractivity contribution in [2.24, 2.45) is 0 Å². The second kappa shape index (κ2) is 5.62. The Balaban J connectivity index is 0.00000128. The molecule has 1 atom stereocenters. The van der Waals surface area contributed by atoms with E-state index in [1.54, 1.807) is 12.1 Å². The lowest BCUT2D eigenvalue weighted by atomic mass is 9.99. The van der Waals surface area contributed by atoms with Crippen molar-refractivity contribution in [3.63, 3.8) is 0 Å².